The number of ketones is 1. The largest absolute Gasteiger partial charge is 0.369 e. The summed E-state index contributed by atoms with van der Waals surface area (Å²) in [5, 5.41) is 0. The molecule has 1 aromatic rings. The second-order valence-electron chi connectivity index (χ2n) is 4.95. The third kappa shape index (κ3) is 4.90. The first-order valence-corrected chi connectivity index (χ1v) is 6.88. The molecule has 0 fully saturated rings. The van der Waals surface area contributed by atoms with Crippen LogP contribution in [0.4, 0.5) is 8.78 Å². The molecule has 0 spiro atoms. The molecule has 0 bridgehead atoms. The summed E-state index contributed by atoms with van der Waals surface area (Å²) in [5.74, 6) is -2.69. The average molecular weight is 298 g/mol. The highest BCUT2D eigenvalue weighted by molar-refractivity contribution is 6.00. The van der Waals surface area contributed by atoms with E-state index in [1.165, 1.54) is 0 Å². The Kier molecular flexibility index (Phi) is 6.42. The van der Waals surface area contributed by atoms with Crippen LogP contribution >= 0.6 is 0 Å². The van der Waals surface area contributed by atoms with E-state index >= 15 is 0 Å². The number of nitrogens with two attached hydrogens (primary N) is 1. The second-order valence-corrected chi connectivity index (χ2v) is 4.95. The summed E-state index contributed by atoms with van der Waals surface area (Å²) in [5.41, 5.74) is 4.99. The summed E-state index contributed by atoms with van der Waals surface area (Å²) in [6, 6.07) is 2.12. The van der Waals surface area contributed by atoms with Gasteiger partial charge >= 0.3 is 0 Å². The molecule has 0 saturated carbocycles. The van der Waals surface area contributed by atoms with Crippen LogP contribution in [0, 0.1) is 11.6 Å². The highest BCUT2D eigenvalue weighted by atomic mass is 19.1. The fraction of sp³-hybridized carbons (Fsp3) is 0.467. The summed E-state index contributed by atoms with van der Waals surface area (Å²) in [7, 11) is 0. The molecule has 1 amide bonds. The van der Waals surface area contributed by atoms with E-state index in [1.54, 1.807) is 11.8 Å². The summed E-state index contributed by atoms with van der Waals surface area (Å²) in [6.07, 6.45) is 1.68. The van der Waals surface area contributed by atoms with Crippen molar-refractivity contribution in [1.29, 1.82) is 0 Å². The fourth-order valence-electron chi connectivity index (χ4n) is 2.05. The zero-order chi connectivity index (χ0) is 16.0. The first-order chi connectivity index (χ1) is 9.86. The first-order valence-electron chi connectivity index (χ1n) is 6.88. The van der Waals surface area contributed by atoms with Gasteiger partial charge in [0.05, 0.1) is 18.2 Å². The van der Waals surface area contributed by atoms with Crippen LogP contribution < -0.4 is 5.73 Å². The lowest BCUT2D eigenvalue weighted by molar-refractivity contribution is -0.119. The molecule has 1 aromatic carbocycles. The number of rotatable bonds is 8. The van der Waals surface area contributed by atoms with E-state index in [0.29, 0.717) is 12.6 Å². The second kappa shape index (κ2) is 7.83. The number of hydrogen-bond donors (Lipinski definition) is 1. The summed E-state index contributed by atoms with van der Waals surface area (Å²) in [4.78, 5) is 25.0. The maximum Gasteiger partial charge on any atom is 0.231 e. The van der Waals surface area contributed by atoms with E-state index < -0.39 is 29.4 Å². The van der Waals surface area contributed by atoms with Gasteiger partial charge in [-0.05, 0) is 32.0 Å². The number of nitrogens with zero attached hydrogens (tertiary/aromatic N) is 1. The van der Waals surface area contributed by atoms with Crippen molar-refractivity contribution in [3.8, 4) is 0 Å². The number of primary amides is 1. The Morgan fingerprint density at radius 3 is 2.52 bits per heavy atom. The zero-order valence-electron chi connectivity index (χ0n) is 12.2. The summed E-state index contributed by atoms with van der Waals surface area (Å²) < 4.78 is 26.6. The third-order valence-corrected chi connectivity index (χ3v) is 3.28. The van der Waals surface area contributed by atoms with E-state index in [1.807, 2.05) is 6.92 Å². The van der Waals surface area contributed by atoms with E-state index in [-0.39, 0.29) is 12.1 Å². The highest BCUT2D eigenvalue weighted by Gasteiger charge is 2.25. The van der Waals surface area contributed by atoms with Crippen molar-refractivity contribution < 1.29 is 18.4 Å². The van der Waals surface area contributed by atoms with Crippen LogP contribution in [-0.2, 0) is 4.79 Å². The number of halogens is 2. The minimum Gasteiger partial charge on any atom is -0.369 e. The number of carbonyl (C=O) groups excluding carboxylic acids is 2. The van der Waals surface area contributed by atoms with Gasteiger partial charge in [0.2, 0.25) is 5.91 Å². The minimum absolute atomic E-state index is 0.0737. The standard InChI is InChI=1S/C15H20F2N2O2/c1-3-4-7-19(9-14(18)20)10(2)15(21)12-6-5-11(16)8-13(12)17/h5-6,8,10H,3-4,7,9H2,1-2H3,(H2,18,20). The van der Waals surface area contributed by atoms with Crippen LogP contribution in [0.15, 0.2) is 18.2 Å². The van der Waals surface area contributed by atoms with Gasteiger partial charge in [-0.25, -0.2) is 8.78 Å². The van der Waals surface area contributed by atoms with Crippen molar-refractivity contribution in [2.75, 3.05) is 13.1 Å². The van der Waals surface area contributed by atoms with Gasteiger partial charge in [0.1, 0.15) is 11.6 Å². The molecular weight excluding hydrogens is 278 g/mol. The zero-order valence-corrected chi connectivity index (χ0v) is 12.2. The van der Waals surface area contributed by atoms with Crippen molar-refractivity contribution >= 4 is 11.7 Å². The highest BCUT2D eigenvalue weighted by Crippen LogP contribution is 2.15. The molecule has 1 rings (SSSR count). The molecule has 0 aliphatic rings. The van der Waals surface area contributed by atoms with Crippen LogP contribution in [0.2, 0.25) is 0 Å². The molecule has 4 nitrogen and oxygen atoms in total. The molecule has 0 aromatic heterocycles. The van der Waals surface area contributed by atoms with Gasteiger partial charge in [-0.1, -0.05) is 13.3 Å². The van der Waals surface area contributed by atoms with Crippen LogP contribution in [0.25, 0.3) is 0 Å². The number of benzene rings is 1. The molecule has 21 heavy (non-hydrogen) atoms. The molecule has 116 valence electrons. The van der Waals surface area contributed by atoms with Crippen molar-refractivity contribution in [1.82, 2.24) is 4.90 Å². The Hall–Kier alpha value is -1.82. The topological polar surface area (TPSA) is 63.4 Å². The lowest BCUT2D eigenvalue weighted by Crippen LogP contribution is -2.44. The first kappa shape index (κ1) is 17.2. The van der Waals surface area contributed by atoms with E-state index in [0.717, 1.165) is 25.0 Å². The van der Waals surface area contributed by atoms with Gasteiger partial charge < -0.3 is 5.73 Å². The molecule has 1 atom stereocenters. The Balaban J connectivity index is 2.92. The minimum atomic E-state index is -0.902. The van der Waals surface area contributed by atoms with Gasteiger partial charge in [0, 0.05) is 6.07 Å². The Morgan fingerprint density at radius 2 is 2.00 bits per heavy atom. The Morgan fingerprint density at radius 1 is 1.33 bits per heavy atom. The fourth-order valence-corrected chi connectivity index (χ4v) is 2.05. The van der Waals surface area contributed by atoms with Crippen molar-refractivity contribution in [3.63, 3.8) is 0 Å². The maximum absolute atomic E-state index is 13.7. The SMILES string of the molecule is CCCCN(CC(N)=O)C(C)C(=O)c1ccc(F)cc1F. The third-order valence-electron chi connectivity index (χ3n) is 3.28. The molecule has 0 aliphatic carbocycles. The van der Waals surface area contributed by atoms with Crippen LogP contribution in [0.5, 0.6) is 0 Å². The van der Waals surface area contributed by atoms with Crippen molar-refractivity contribution in [2.24, 2.45) is 5.73 Å². The Bertz CT molecular complexity index is 520. The molecule has 2 N–H and O–H groups in total. The number of carbonyl (C=O) groups is 2. The average Bonchev–Trinajstić information content (AvgIpc) is 2.41. The lowest BCUT2D eigenvalue weighted by atomic mass is 10.0. The predicted octanol–water partition coefficient (Wildman–Crippen LogP) is 2.12. The molecule has 0 heterocycles. The van der Waals surface area contributed by atoms with Crippen LogP contribution in [0.3, 0.4) is 0 Å². The van der Waals surface area contributed by atoms with E-state index in [4.69, 9.17) is 5.73 Å². The maximum atomic E-state index is 13.7. The summed E-state index contributed by atoms with van der Waals surface area (Å²) >= 11 is 0. The van der Waals surface area contributed by atoms with E-state index in [9.17, 15) is 18.4 Å². The molecule has 1 unspecified atom stereocenters. The normalized spacial score (nSPS) is 12.4. The van der Waals surface area contributed by atoms with Gasteiger partial charge in [0.25, 0.3) is 0 Å². The molecule has 0 saturated heterocycles. The molecule has 6 heteroatoms. The van der Waals surface area contributed by atoms with E-state index in [2.05, 4.69) is 0 Å². The van der Waals surface area contributed by atoms with Crippen molar-refractivity contribution in [3.05, 3.63) is 35.4 Å². The Labute approximate surface area is 122 Å². The number of unbranched alkanes of at least 4 members (excludes halogenated alkanes) is 1. The smallest absolute Gasteiger partial charge is 0.231 e. The lowest BCUT2D eigenvalue weighted by Gasteiger charge is -2.26. The quantitative estimate of drug-likeness (QED) is 0.748. The van der Waals surface area contributed by atoms with Gasteiger partial charge in [-0.15, -0.1) is 0 Å². The summed E-state index contributed by atoms with van der Waals surface area (Å²) in [6.45, 7) is 4.00. The molecule has 0 radical (unpaired) electrons. The monoisotopic (exact) mass is 298 g/mol. The predicted molar refractivity (Wildman–Crippen MR) is 75.8 cm³/mol. The number of amides is 1. The van der Waals surface area contributed by atoms with Gasteiger partial charge in [0.15, 0.2) is 5.78 Å². The van der Waals surface area contributed by atoms with Crippen LogP contribution in [-0.4, -0.2) is 35.7 Å². The number of Topliss-reactive ketones (excluding diaryl/α,β-unsaturated/α-hetero) is 1. The number of hydrogen-bond acceptors (Lipinski definition) is 3. The van der Waals surface area contributed by atoms with Gasteiger partial charge in [-0.3, -0.25) is 14.5 Å². The molecular formula is C15H20F2N2O2. The van der Waals surface area contributed by atoms with Crippen LogP contribution in [0.1, 0.15) is 37.0 Å². The molecule has 0 aliphatic heterocycles. The van der Waals surface area contributed by atoms with Gasteiger partial charge in [-0.2, -0.15) is 0 Å². The van der Waals surface area contributed by atoms with Crippen molar-refractivity contribution in [2.45, 2.75) is 32.7 Å².